The van der Waals surface area contributed by atoms with Crippen LogP contribution in [0.25, 0.3) is 0 Å². The molecule has 1 aliphatic rings. The standard InChI is InChI=1S/C12H16N2O3S/c15-10-2-1-7(12(16)17)5-8(10)11(18)9-6-13-3-4-14-9/h3-4,6-8,10-11,15,18H,1-2,5H2,(H,16,17). The van der Waals surface area contributed by atoms with Crippen molar-refractivity contribution in [3.8, 4) is 0 Å². The Morgan fingerprint density at radius 2 is 2.22 bits per heavy atom. The van der Waals surface area contributed by atoms with Crippen molar-refractivity contribution in [3.63, 3.8) is 0 Å². The second-order valence-electron chi connectivity index (χ2n) is 4.65. The number of carboxylic acid groups (broad SMARTS) is 1. The Morgan fingerprint density at radius 1 is 1.44 bits per heavy atom. The van der Waals surface area contributed by atoms with Crippen LogP contribution in [0.5, 0.6) is 0 Å². The van der Waals surface area contributed by atoms with E-state index in [0.29, 0.717) is 25.0 Å². The molecule has 4 atom stereocenters. The van der Waals surface area contributed by atoms with Crippen molar-refractivity contribution < 1.29 is 15.0 Å². The van der Waals surface area contributed by atoms with Crippen LogP contribution in [0.4, 0.5) is 0 Å². The maximum absolute atomic E-state index is 11.0. The fraction of sp³-hybridized carbons (Fsp3) is 0.583. The Bertz CT molecular complexity index is 415. The Hall–Kier alpha value is -1.14. The lowest BCUT2D eigenvalue weighted by Crippen LogP contribution is -2.35. The number of carbonyl (C=O) groups is 1. The number of hydrogen-bond donors (Lipinski definition) is 3. The number of carboxylic acids is 1. The van der Waals surface area contributed by atoms with Crippen molar-refractivity contribution in [2.24, 2.45) is 11.8 Å². The van der Waals surface area contributed by atoms with Gasteiger partial charge in [-0.1, -0.05) is 0 Å². The minimum Gasteiger partial charge on any atom is -0.481 e. The minimum atomic E-state index is -0.799. The molecule has 0 aliphatic heterocycles. The Balaban J connectivity index is 2.12. The van der Waals surface area contributed by atoms with Gasteiger partial charge in [0.2, 0.25) is 0 Å². The fourth-order valence-corrected chi connectivity index (χ4v) is 2.89. The second kappa shape index (κ2) is 5.67. The Morgan fingerprint density at radius 3 is 2.83 bits per heavy atom. The van der Waals surface area contributed by atoms with Crippen LogP contribution in [-0.4, -0.2) is 32.3 Å². The number of aliphatic carboxylic acids is 1. The zero-order chi connectivity index (χ0) is 13.1. The number of aliphatic hydroxyl groups excluding tert-OH is 1. The fourth-order valence-electron chi connectivity index (χ4n) is 2.44. The van der Waals surface area contributed by atoms with Gasteiger partial charge in [0.1, 0.15) is 0 Å². The molecule has 1 heterocycles. The lowest BCUT2D eigenvalue weighted by Gasteiger charge is -2.34. The third kappa shape index (κ3) is 2.81. The molecule has 0 radical (unpaired) electrons. The summed E-state index contributed by atoms with van der Waals surface area (Å²) in [5.41, 5.74) is 0.677. The average molecular weight is 268 g/mol. The van der Waals surface area contributed by atoms with Crippen LogP contribution in [0.3, 0.4) is 0 Å². The van der Waals surface area contributed by atoms with Crippen LogP contribution in [0.2, 0.25) is 0 Å². The number of nitrogens with zero attached hydrogens (tertiary/aromatic N) is 2. The molecule has 0 amide bonds. The first kappa shape index (κ1) is 13.3. The van der Waals surface area contributed by atoms with Gasteiger partial charge in [0.15, 0.2) is 0 Å². The van der Waals surface area contributed by atoms with E-state index in [4.69, 9.17) is 5.11 Å². The van der Waals surface area contributed by atoms with Crippen LogP contribution in [-0.2, 0) is 4.79 Å². The zero-order valence-corrected chi connectivity index (χ0v) is 10.7. The van der Waals surface area contributed by atoms with Gasteiger partial charge in [0.25, 0.3) is 0 Å². The van der Waals surface area contributed by atoms with Crippen molar-refractivity contribution >= 4 is 18.6 Å². The topological polar surface area (TPSA) is 83.3 Å². The van der Waals surface area contributed by atoms with E-state index in [1.807, 2.05) is 0 Å². The summed E-state index contributed by atoms with van der Waals surface area (Å²) >= 11 is 4.48. The SMILES string of the molecule is O=C(O)C1CCC(O)C(C(S)c2cnccn2)C1. The Kier molecular flexibility index (Phi) is 4.19. The van der Waals surface area contributed by atoms with Gasteiger partial charge in [-0.25, -0.2) is 0 Å². The lowest BCUT2D eigenvalue weighted by atomic mass is 9.77. The summed E-state index contributed by atoms with van der Waals surface area (Å²) in [7, 11) is 0. The summed E-state index contributed by atoms with van der Waals surface area (Å²) in [5.74, 6) is -1.39. The van der Waals surface area contributed by atoms with E-state index in [9.17, 15) is 9.90 Å². The van der Waals surface area contributed by atoms with Crippen molar-refractivity contribution in [2.45, 2.75) is 30.6 Å². The van der Waals surface area contributed by atoms with Gasteiger partial charge in [-0.15, -0.1) is 0 Å². The zero-order valence-electron chi connectivity index (χ0n) is 9.81. The van der Waals surface area contributed by atoms with Crippen LogP contribution < -0.4 is 0 Å². The molecule has 18 heavy (non-hydrogen) atoms. The number of thiol groups is 1. The highest BCUT2D eigenvalue weighted by Crippen LogP contribution is 2.40. The number of rotatable bonds is 3. The first-order valence-electron chi connectivity index (χ1n) is 5.94. The van der Waals surface area contributed by atoms with Crippen molar-refractivity contribution in [3.05, 3.63) is 24.3 Å². The highest BCUT2D eigenvalue weighted by molar-refractivity contribution is 7.80. The molecule has 2 N–H and O–H groups in total. The normalized spacial score (nSPS) is 29.8. The molecule has 1 fully saturated rings. The van der Waals surface area contributed by atoms with E-state index in [0.717, 1.165) is 0 Å². The first-order chi connectivity index (χ1) is 8.59. The van der Waals surface area contributed by atoms with Crippen LogP contribution in [0.15, 0.2) is 18.6 Å². The molecule has 5 nitrogen and oxygen atoms in total. The van der Waals surface area contributed by atoms with Crippen LogP contribution >= 0.6 is 12.6 Å². The largest absolute Gasteiger partial charge is 0.481 e. The van der Waals surface area contributed by atoms with Gasteiger partial charge in [0.05, 0.1) is 23.0 Å². The van der Waals surface area contributed by atoms with Crippen molar-refractivity contribution in [1.29, 1.82) is 0 Å². The molecule has 0 aromatic carbocycles. The van der Waals surface area contributed by atoms with Gasteiger partial charge in [0, 0.05) is 24.5 Å². The number of aromatic nitrogens is 2. The van der Waals surface area contributed by atoms with Gasteiger partial charge in [-0.05, 0) is 19.3 Å². The maximum atomic E-state index is 11.0. The third-order valence-corrected chi connectivity index (χ3v) is 4.15. The quantitative estimate of drug-likeness (QED) is 0.720. The predicted octanol–water partition coefficient (Wildman–Crippen LogP) is 1.31. The molecule has 1 aromatic rings. The molecule has 98 valence electrons. The van der Waals surface area contributed by atoms with Crippen molar-refractivity contribution in [2.75, 3.05) is 0 Å². The van der Waals surface area contributed by atoms with E-state index in [2.05, 4.69) is 22.6 Å². The molecule has 4 unspecified atom stereocenters. The summed E-state index contributed by atoms with van der Waals surface area (Å²) < 4.78 is 0. The molecule has 0 bridgehead atoms. The molecular formula is C12H16N2O3S. The smallest absolute Gasteiger partial charge is 0.306 e. The summed E-state index contributed by atoms with van der Waals surface area (Å²) in [6.07, 6.45) is 5.68. The molecule has 0 spiro atoms. The third-order valence-electron chi connectivity index (χ3n) is 3.50. The van der Waals surface area contributed by atoms with Gasteiger partial charge in [-0.2, -0.15) is 12.6 Å². The summed E-state index contributed by atoms with van der Waals surface area (Å²) in [6, 6.07) is 0. The van der Waals surface area contributed by atoms with E-state index in [-0.39, 0.29) is 11.2 Å². The minimum absolute atomic E-state index is 0.195. The van der Waals surface area contributed by atoms with E-state index < -0.39 is 18.0 Å². The summed E-state index contributed by atoms with van der Waals surface area (Å²) in [5, 5.41) is 18.8. The molecule has 0 saturated heterocycles. The summed E-state index contributed by atoms with van der Waals surface area (Å²) in [6.45, 7) is 0. The van der Waals surface area contributed by atoms with E-state index in [1.54, 1.807) is 18.6 Å². The van der Waals surface area contributed by atoms with Crippen LogP contribution in [0, 0.1) is 11.8 Å². The number of aliphatic hydroxyl groups is 1. The van der Waals surface area contributed by atoms with E-state index in [1.165, 1.54) is 0 Å². The molecule has 1 aromatic heterocycles. The van der Waals surface area contributed by atoms with Crippen LogP contribution in [0.1, 0.15) is 30.2 Å². The maximum Gasteiger partial charge on any atom is 0.306 e. The highest BCUT2D eigenvalue weighted by atomic mass is 32.1. The lowest BCUT2D eigenvalue weighted by molar-refractivity contribution is -0.144. The summed E-state index contributed by atoms with van der Waals surface area (Å²) in [4.78, 5) is 19.2. The highest BCUT2D eigenvalue weighted by Gasteiger charge is 2.37. The van der Waals surface area contributed by atoms with Gasteiger partial charge >= 0.3 is 5.97 Å². The number of hydrogen-bond acceptors (Lipinski definition) is 5. The van der Waals surface area contributed by atoms with E-state index >= 15 is 0 Å². The first-order valence-corrected chi connectivity index (χ1v) is 6.46. The monoisotopic (exact) mass is 268 g/mol. The molecule has 6 heteroatoms. The average Bonchev–Trinajstić information content (AvgIpc) is 2.39. The van der Waals surface area contributed by atoms with Crippen molar-refractivity contribution in [1.82, 2.24) is 9.97 Å². The van der Waals surface area contributed by atoms with Gasteiger partial charge < -0.3 is 10.2 Å². The molecule has 2 rings (SSSR count). The molecular weight excluding hydrogens is 252 g/mol. The second-order valence-corrected chi connectivity index (χ2v) is 5.21. The molecule has 1 saturated carbocycles. The molecule has 1 aliphatic carbocycles. The predicted molar refractivity (Wildman–Crippen MR) is 68.2 cm³/mol. The van der Waals surface area contributed by atoms with Gasteiger partial charge in [-0.3, -0.25) is 14.8 Å². The Labute approximate surface area is 111 Å².